The minimum Gasteiger partial charge on any atom is -0.330 e. The molecule has 0 aliphatic carbocycles. The van der Waals surface area contributed by atoms with E-state index in [4.69, 9.17) is 11.5 Å². The largest absolute Gasteiger partial charge is 0.330 e. The molecule has 4 heteroatoms. The van der Waals surface area contributed by atoms with Crippen molar-refractivity contribution in [2.45, 2.75) is 12.5 Å². The topological polar surface area (TPSA) is 69.1 Å². The van der Waals surface area contributed by atoms with Gasteiger partial charge >= 0.3 is 0 Å². The summed E-state index contributed by atoms with van der Waals surface area (Å²) in [7, 11) is 0. The molecule has 0 aromatic rings. The Bertz CT molecular complexity index is 97.0. The van der Waals surface area contributed by atoms with Gasteiger partial charge in [-0.05, 0) is 13.0 Å². The Morgan fingerprint density at radius 2 is 2.22 bits per heavy atom. The highest BCUT2D eigenvalue weighted by Gasteiger charge is 2.09. The Morgan fingerprint density at radius 3 is 2.56 bits per heavy atom. The van der Waals surface area contributed by atoms with Crippen LogP contribution in [0.4, 0.5) is 0 Å². The summed E-state index contributed by atoms with van der Waals surface area (Å²) in [6.07, 6.45) is 0.574. The van der Waals surface area contributed by atoms with E-state index in [0.29, 0.717) is 18.3 Å². The smallest absolute Gasteiger partial charge is 0.160 e. The third-order valence-corrected chi connectivity index (χ3v) is 1.58. The molecule has 0 aliphatic heterocycles. The van der Waals surface area contributed by atoms with Crippen LogP contribution in [-0.4, -0.2) is 23.7 Å². The van der Waals surface area contributed by atoms with E-state index in [-0.39, 0.29) is 11.8 Å². The van der Waals surface area contributed by atoms with Crippen LogP contribution in [-0.2, 0) is 4.79 Å². The minimum absolute atomic E-state index is 0.0143. The van der Waals surface area contributed by atoms with Crippen LogP contribution in [0.1, 0.15) is 6.42 Å². The van der Waals surface area contributed by atoms with Gasteiger partial charge in [-0.2, -0.15) is 0 Å². The van der Waals surface area contributed by atoms with E-state index in [1.165, 1.54) is 0 Å². The zero-order valence-electron chi connectivity index (χ0n) is 5.14. The number of Topliss-reactive ketones (excluding diaryl/α,β-unsaturated/α-hetero) is 1. The summed E-state index contributed by atoms with van der Waals surface area (Å²) in [5, 5.41) is 0.328. The van der Waals surface area contributed by atoms with Crippen LogP contribution in [0.2, 0.25) is 0 Å². The first-order valence-electron chi connectivity index (χ1n) is 2.76. The van der Waals surface area contributed by atoms with Crippen LogP contribution in [0.15, 0.2) is 0 Å². The molecule has 0 aromatic heterocycles. The Kier molecular flexibility index (Phi) is 4.94. The molecular weight excluding hydrogens is 184 g/mol. The SMILES string of the molecule is NCCC(N)C(=O)CBr. The van der Waals surface area contributed by atoms with Crippen LogP contribution in [0.25, 0.3) is 0 Å². The van der Waals surface area contributed by atoms with Gasteiger partial charge in [-0.15, -0.1) is 0 Å². The number of alkyl halides is 1. The molecule has 0 aromatic carbocycles. The van der Waals surface area contributed by atoms with Crippen molar-refractivity contribution in [2.24, 2.45) is 11.5 Å². The van der Waals surface area contributed by atoms with Gasteiger partial charge < -0.3 is 11.5 Å². The second kappa shape index (κ2) is 4.90. The van der Waals surface area contributed by atoms with E-state index in [1.807, 2.05) is 0 Å². The lowest BCUT2D eigenvalue weighted by atomic mass is 10.1. The van der Waals surface area contributed by atoms with Gasteiger partial charge in [0.1, 0.15) is 0 Å². The maximum absolute atomic E-state index is 10.7. The molecule has 0 amide bonds. The van der Waals surface area contributed by atoms with Gasteiger partial charge in [0.15, 0.2) is 5.78 Å². The molecule has 9 heavy (non-hydrogen) atoms. The lowest BCUT2D eigenvalue weighted by Crippen LogP contribution is -2.33. The molecular formula is C5H11BrN2O. The number of ketones is 1. The Labute approximate surface area is 62.9 Å². The molecule has 0 saturated carbocycles. The van der Waals surface area contributed by atoms with Crippen LogP contribution in [0.5, 0.6) is 0 Å². The van der Waals surface area contributed by atoms with Gasteiger partial charge in [0, 0.05) is 0 Å². The van der Waals surface area contributed by atoms with Crippen molar-refractivity contribution in [2.75, 3.05) is 11.9 Å². The van der Waals surface area contributed by atoms with Gasteiger partial charge in [-0.3, -0.25) is 4.79 Å². The van der Waals surface area contributed by atoms with Crippen molar-refractivity contribution < 1.29 is 4.79 Å². The molecule has 1 unspecified atom stereocenters. The molecule has 0 spiro atoms. The lowest BCUT2D eigenvalue weighted by molar-refractivity contribution is -0.117. The van der Waals surface area contributed by atoms with Crippen molar-refractivity contribution in [3.05, 3.63) is 0 Å². The number of hydrogen-bond donors (Lipinski definition) is 2. The zero-order chi connectivity index (χ0) is 7.28. The number of hydrogen-bond acceptors (Lipinski definition) is 3. The highest BCUT2D eigenvalue weighted by atomic mass is 79.9. The molecule has 0 rings (SSSR count). The summed E-state index contributed by atoms with van der Waals surface area (Å²) in [6, 6.07) is -0.380. The second-order valence-electron chi connectivity index (χ2n) is 1.78. The number of halogens is 1. The van der Waals surface area contributed by atoms with Gasteiger partial charge in [-0.1, -0.05) is 15.9 Å². The molecule has 0 bridgehead atoms. The van der Waals surface area contributed by atoms with E-state index in [9.17, 15) is 4.79 Å². The lowest BCUT2D eigenvalue weighted by Gasteiger charge is -2.04. The van der Waals surface area contributed by atoms with E-state index in [1.54, 1.807) is 0 Å². The van der Waals surface area contributed by atoms with Crippen LogP contribution in [0, 0.1) is 0 Å². The van der Waals surface area contributed by atoms with Gasteiger partial charge in [0.2, 0.25) is 0 Å². The van der Waals surface area contributed by atoms with Crippen LogP contribution < -0.4 is 11.5 Å². The first-order chi connectivity index (χ1) is 4.22. The van der Waals surface area contributed by atoms with Gasteiger partial charge in [0.25, 0.3) is 0 Å². The van der Waals surface area contributed by atoms with E-state index >= 15 is 0 Å². The number of nitrogens with two attached hydrogens (primary N) is 2. The van der Waals surface area contributed by atoms with E-state index in [2.05, 4.69) is 15.9 Å². The highest BCUT2D eigenvalue weighted by molar-refractivity contribution is 9.09. The average Bonchev–Trinajstić information content (AvgIpc) is 1.87. The molecule has 0 radical (unpaired) electrons. The Balaban J connectivity index is 3.45. The molecule has 0 aliphatic rings. The van der Waals surface area contributed by atoms with Gasteiger partial charge in [-0.25, -0.2) is 0 Å². The normalized spacial score (nSPS) is 13.2. The molecule has 0 saturated heterocycles. The second-order valence-corrected chi connectivity index (χ2v) is 2.34. The molecule has 3 nitrogen and oxygen atoms in total. The molecule has 0 fully saturated rings. The maximum atomic E-state index is 10.7. The summed E-state index contributed by atoms with van der Waals surface area (Å²) in [6.45, 7) is 0.472. The zero-order valence-corrected chi connectivity index (χ0v) is 6.73. The maximum Gasteiger partial charge on any atom is 0.160 e. The number of carbonyl (C=O) groups is 1. The molecule has 4 N–H and O–H groups in total. The molecule has 1 atom stereocenters. The summed E-state index contributed by atoms with van der Waals surface area (Å²) < 4.78 is 0. The van der Waals surface area contributed by atoms with Crippen molar-refractivity contribution in [3.8, 4) is 0 Å². The Morgan fingerprint density at radius 1 is 1.67 bits per heavy atom. The fourth-order valence-corrected chi connectivity index (χ4v) is 0.855. The first kappa shape index (κ1) is 9.07. The number of carbonyl (C=O) groups excluding carboxylic acids is 1. The van der Waals surface area contributed by atoms with Gasteiger partial charge in [0.05, 0.1) is 11.4 Å². The van der Waals surface area contributed by atoms with Crippen LogP contribution in [0.3, 0.4) is 0 Å². The summed E-state index contributed by atoms with van der Waals surface area (Å²) in [5.41, 5.74) is 10.6. The fraction of sp³-hybridized carbons (Fsp3) is 0.800. The monoisotopic (exact) mass is 194 g/mol. The van der Waals surface area contributed by atoms with Crippen LogP contribution >= 0.6 is 15.9 Å². The standard InChI is InChI=1S/C5H11BrN2O/c6-3-5(9)4(8)1-2-7/h4H,1-3,7-8H2. The summed E-state index contributed by atoms with van der Waals surface area (Å²) >= 11 is 3.01. The predicted octanol–water partition coefficient (Wildman–Crippen LogP) is -0.374. The minimum atomic E-state index is -0.380. The van der Waals surface area contributed by atoms with E-state index in [0.717, 1.165) is 0 Å². The predicted molar refractivity (Wildman–Crippen MR) is 40.4 cm³/mol. The summed E-state index contributed by atoms with van der Waals surface area (Å²) in [4.78, 5) is 10.7. The van der Waals surface area contributed by atoms with E-state index < -0.39 is 0 Å². The third kappa shape index (κ3) is 3.61. The Hall–Kier alpha value is 0.0700. The van der Waals surface area contributed by atoms with Crippen molar-refractivity contribution >= 4 is 21.7 Å². The average molecular weight is 195 g/mol. The summed E-state index contributed by atoms with van der Waals surface area (Å²) in [5.74, 6) is 0.0143. The fourth-order valence-electron chi connectivity index (χ4n) is 0.440. The third-order valence-electron chi connectivity index (χ3n) is 1.02. The molecule has 54 valence electrons. The quantitative estimate of drug-likeness (QED) is 0.601. The van der Waals surface area contributed by atoms with Crippen molar-refractivity contribution in [3.63, 3.8) is 0 Å². The first-order valence-corrected chi connectivity index (χ1v) is 3.88. The van der Waals surface area contributed by atoms with Crippen molar-refractivity contribution in [1.29, 1.82) is 0 Å². The van der Waals surface area contributed by atoms with Crippen molar-refractivity contribution in [1.82, 2.24) is 0 Å². The highest BCUT2D eigenvalue weighted by Crippen LogP contribution is 1.91. The number of rotatable bonds is 4. The molecule has 0 heterocycles.